The number of hydrogen-bond donors (Lipinski definition) is 0. The molecule has 4 nitrogen and oxygen atoms in total. The van der Waals surface area contributed by atoms with Crippen molar-refractivity contribution in [2.75, 3.05) is 0 Å². The van der Waals surface area contributed by atoms with Crippen LogP contribution in [0.3, 0.4) is 0 Å². The van der Waals surface area contributed by atoms with Gasteiger partial charge in [-0.2, -0.15) is 0 Å². The fourth-order valence-corrected chi connectivity index (χ4v) is 3.38. The molecule has 150 valence electrons. The lowest BCUT2D eigenvalue weighted by Crippen LogP contribution is -2.48. The third-order valence-corrected chi connectivity index (χ3v) is 5.07. The summed E-state index contributed by atoms with van der Waals surface area (Å²) in [6.07, 6.45) is 3.14. The van der Waals surface area contributed by atoms with Crippen LogP contribution < -0.4 is 0 Å². The molecule has 0 saturated heterocycles. The highest BCUT2D eigenvalue weighted by Crippen LogP contribution is 2.33. The van der Waals surface area contributed by atoms with Crippen molar-refractivity contribution in [3.05, 3.63) is 71.8 Å². The van der Waals surface area contributed by atoms with E-state index in [1.165, 1.54) is 0 Å². The maximum atomic E-state index is 12.8. The normalized spacial score (nSPS) is 14.0. The molecule has 2 atom stereocenters. The van der Waals surface area contributed by atoms with Crippen molar-refractivity contribution in [1.29, 1.82) is 0 Å². The van der Waals surface area contributed by atoms with Crippen LogP contribution in [0.15, 0.2) is 60.7 Å². The first-order valence-electron chi connectivity index (χ1n) is 10.1. The SMILES string of the molecule is CCCCC(CC)(OC(=O)c1ccccc1)C(CC)OC(=O)c1ccccc1. The van der Waals surface area contributed by atoms with Crippen molar-refractivity contribution in [2.45, 2.75) is 64.6 Å². The van der Waals surface area contributed by atoms with Crippen LogP contribution in [0.4, 0.5) is 0 Å². The summed E-state index contributed by atoms with van der Waals surface area (Å²) in [5.74, 6) is -0.773. The number of hydrogen-bond acceptors (Lipinski definition) is 4. The van der Waals surface area contributed by atoms with Crippen LogP contribution in [-0.4, -0.2) is 23.6 Å². The highest BCUT2D eigenvalue weighted by molar-refractivity contribution is 5.90. The molecule has 2 aromatic carbocycles. The van der Waals surface area contributed by atoms with Gasteiger partial charge >= 0.3 is 11.9 Å². The Bertz CT molecular complexity index is 742. The maximum Gasteiger partial charge on any atom is 0.338 e. The number of rotatable bonds is 10. The number of carbonyl (C=O) groups is 2. The highest BCUT2D eigenvalue weighted by atomic mass is 16.6. The Morgan fingerprint density at radius 3 is 1.86 bits per heavy atom. The van der Waals surface area contributed by atoms with Crippen LogP contribution in [0.5, 0.6) is 0 Å². The van der Waals surface area contributed by atoms with Gasteiger partial charge in [-0.1, -0.05) is 63.6 Å². The van der Waals surface area contributed by atoms with Crippen LogP contribution in [0, 0.1) is 0 Å². The minimum Gasteiger partial charge on any atom is -0.455 e. The zero-order valence-electron chi connectivity index (χ0n) is 17.0. The first-order valence-corrected chi connectivity index (χ1v) is 10.1. The van der Waals surface area contributed by atoms with Crippen LogP contribution >= 0.6 is 0 Å². The predicted octanol–water partition coefficient (Wildman–Crippen LogP) is 5.82. The Morgan fingerprint density at radius 1 is 0.857 bits per heavy atom. The topological polar surface area (TPSA) is 52.6 Å². The molecule has 0 saturated carbocycles. The molecule has 0 fully saturated rings. The van der Waals surface area contributed by atoms with Gasteiger partial charge in [0.15, 0.2) is 0 Å². The maximum absolute atomic E-state index is 12.8. The fourth-order valence-electron chi connectivity index (χ4n) is 3.38. The van der Waals surface area contributed by atoms with Crippen molar-refractivity contribution >= 4 is 11.9 Å². The summed E-state index contributed by atoms with van der Waals surface area (Å²) >= 11 is 0. The predicted molar refractivity (Wildman–Crippen MR) is 110 cm³/mol. The second-order valence-electron chi connectivity index (χ2n) is 6.95. The fraction of sp³-hybridized carbons (Fsp3) is 0.417. The summed E-state index contributed by atoms with van der Waals surface area (Å²) in [6.45, 7) is 6.03. The average molecular weight is 383 g/mol. The molecule has 0 aliphatic rings. The minimum atomic E-state index is -0.845. The second-order valence-corrected chi connectivity index (χ2v) is 6.95. The number of carbonyl (C=O) groups excluding carboxylic acids is 2. The highest BCUT2D eigenvalue weighted by Gasteiger charge is 2.42. The van der Waals surface area contributed by atoms with E-state index in [9.17, 15) is 9.59 Å². The molecule has 4 heteroatoms. The number of benzene rings is 2. The lowest BCUT2D eigenvalue weighted by molar-refractivity contribution is -0.105. The van der Waals surface area contributed by atoms with Crippen molar-refractivity contribution in [3.8, 4) is 0 Å². The van der Waals surface area contributed by atoms with Gasteiger partial charge in [0.25, 0.3) is 0 Å². The Hall–Kier alpha value is -2.62. The first kappa shape index (κ1) is 21.7. The standard InChI is InChI=1S/C24H30O4/c1-4-7-18-24(6-3,28-23(26)20-16-12-9-13-17-20)21(5-2)27-22(25)19-14-10-8-11-15-19/h8-17,21H,4-7,18H2,1-3H3. The molecule has 0 aliphatic heterocycles. The van der Waals surface area contributed by atoms with E-state index in [4.69, 9.17) is 9.47 Å². The molecule has 0 heterocycles. The van der Waals surface area contributed by atoms with E-state index in [2.05, 4.69) is 6.92 Å². The zero-order chi connectivity index (χ0) is 20.4. The van der Waals surface area contributed by atoms with E-state index in [0.717, 1.165) is 12.8 Å². The lowest BCUT2D eigenvalue weighted by atomic mass is 9.85. The van der Waals surface area contributed by atoms with Crippen LogP contribution in [0.1, 0.15) is 73.6 Å². The Balaban J connectivity index is 2.27. The van der Waals surface area contributed by atoms with Crippen LogP contribution in [0.2, 0.25) is 0 Å². The molecular weight excluding hydrogens is 352 g/mol. The Kier molecular flexibility index (Phi) is 8.24. The van der Waals surface area contributed by atoms with E-state index in [1.54, 1.807) is 36.4 Å². The molecule has 2 aromatic rings. The molecule has 2 unspecified atom stereocenters. The van der Waals surface area contributed by atoms with Crippen LogP contribution in [-0.2, 0) is 9.47 Å². The lowest BCUT2D eigenvalue weighted by Gasteiger charge is -2.39. The summed E-state index contributed by atoms with van der Waals surface area (Å²) < 4.78 is 11.9. The summed E-state index contributed by atoms with van der Waals surface area (Å²) in [5.41, 5.74) is 0.152. The molecule has 2 rings (SSSR count). The van der Waals surface area contributed by atoms with Gasteiger partial charge in [0.1, 0.15) is 11.7 Å². The average Bonchev–Trinajstić information content (AvgIpc) is 2.76. The first-order chi connectivity index (χ1) is 13.6. The van der Waals surface area contributed by atoms with Gasteiger partial charge in [0, 0.05) is 0 Å². The smallest absolute Gasteiger partial charge is 0.338 e. The van der Waals surface area contributed by atoms with Gasteiger partial charge in [-0.25, -0.2) is 9.59 Å². The van der Waals surface area contributed by atoms with E-state index in [0.29, 0.717) is 30.4 Å². The van der Waals surface area contributed by atoms with Gasteiger partial charge in [0.2, 0.25) is 0 Å². The molecule has 0 bridgehead atoms. The van der Waals surface area contributed by atoms with Gasteiger partial charge < -0.3 is 9.47 Å². The molecule has 0 radical (unpaired) electrons. The molecule has 0 aromatic heterocycles. The van der Waals surface area contributed by atoms with E-state index in [1.807, 2.05) is 38.1 Å². The number of esters is 2. The number of ether oxygens (including phenoxy) is 2. The summed E-state index contributed by atoms with van der Waals surface area (Å²) in [4.78, 5) is 25.4. The molecule has 0 N–H and O–H groups in total. The van der Waals surface area contributed by atoms with Gasteiger partial charge in [-0.15, -0.1) is 0 Å². The van der Waals surface area contributed by atoms with Crippen LogP contribution in [0.25, 0.3) is 0 Å². The summed E-state index contributed by atoms with van der Waals surface area (Å²) in [6, 6.07) is 17.9. The molecule has 0 amide bonds. The second kappa shape index (κ2) is 10.6. The van der Waals surface area contributed by atoms with Crippen molar-refractivity contribution in [3.63, 3.8) is 0 Å². The van der Waals surface area contributed by atoms with E-state index in [-0.39, 0.29) is 5.97 Å². The Morgan fingerprint density at radius 2 is 1.39 bits per heavy atom. The van der Waals surface area contributed by atoms with Gasteiger partial charge in [0.05, 0.1) is 11.1 Å². The van der Waals surface area contributed by atoms with Gasteiger partial charge in [-0.3, -0.25) is 0 Å². The quantitative estimate of drug-likeness (QED) is 0.486. The van der Waals surface area contributed by atoms with E-state index >= 15 is 0 Å². The third kappa shape index (κ3) is 5.44. The van der Waals surface area contributed by atoms with Crippen molar-refractivity contribution in [2.24, 2.45) is 0 Å². The van der Waals surface area contributed by atoms with Gasteiger partial charge in [-0.05, 0) is 49.9 Å². The largest absolute Gasteiger partial charge is 0.455 e. The molecule has 28 heavy (non-hydrogen) atoms. The molecular formula is C24H30O4. The van der Waals surface area contributed by atoms with E-state index < -0.39 is 17.7 Å². The molecule has 0 spiro atoms. The van der Waals surface area contributed by atoms with Crippen molar-refractivity contribution in [1.82, 2.24) is 0 Å². The minimum absolute atomic E-state index is 0.382. The number of unbranched alkanes of at least 4 members (excludes halogenated alkanes) is 1. The third-order valence-electron chi connectivity index (χ3n) is 5.07. The zero-order valence-corrected chi connectivity index (χ0v) is 17.0. The summed E-state index contributed by atoms with van der Waals surface area (Å²) in [7, 11) is 0. The monoisotopic (exact) mass is 382 g/mol. The van der Waals surface area contributed by atoms with Crippen molar-refractivity contribution < 1.29 is 19.1 Å². The molecule has 0 aliphatic carbocycles. The summed E-state index contributed by atoms with van der Waals surface area (Å²) in [5, 5.41) is 0. The Labute approximate surface area is 167 Å².